The molecule has 11 nitrogen and oxygen atoms in total. The van der Waals surface area contributed by atoms with E-state index in [-0.39, 0.29) is 33.2 Å². The van der Waals surface area contributed by atoms with E-state index in [1.165, 1.54) is 87.7 Å². The molecule has 4 N–H and O–H groups in total. The minimum atomic E-state index is -5.05. The number of rotatable bonds is 15. The lowest BCUT2D eigenvalue weighted by Gasteiger charge is -2.28. The van der Waals surface area contributed by atoms with Crippen LogP contribution in [0.25, 0.3) is 0 Å². The van der Waals surface area contributed by atoms with Crippen molar-refractivity contribution in [2.45, 2.75) is 50.5 Å². The maximum absolute atomic E-state index is 14.9. The first-order valence-corrected chi connectivity index (χ1v) is 16.3. The van der Waals surface area contributed by atoms with Crippen molar-refractivity contribution in [3.05, 3.63) is 99.0 Å². The minimum absolute atomic E-state index is 0.0412. The van der Waals surface area contributed by atoms with Gasteiger partial charge in [0.1, 0.15) is 30.4 Å². The van der Waals surface area contributed by atoms with Gasteiger partial charge in [0.25, 0.3) is 11.8 Å². The number of amides is 4. The van der Waals surface area contributed by atoms with Crippen molar-refractivity contribution < 1.29 is 50.7 Å². The van der Waals surface area contributed by atoms with E-state index in [9.17, 15) is 51.2 Å². The van der Waals surface area contributed by atoms with Crippen molar-refractivity contribution >= 4 is 52.6 Å². The predicted molar refractivity (Wildman–Crippen MR) is 182 cm³/mol. The second-order valence-electron chi connectivity index (χ2n) is 11.8. The first-order valence-electron chi connectivity index (χ1n) is 15.5. The summed E-state index contributed by atoms with van der Waals surface area (Å²) in [4.78, 5) is 66.0. The quantitative estimate of drug-likeness (QED) is 0.123. The van der Waals surface area contributed by atoms with Crippen LogP contribution in [0.3, 0.4) is 0 Å². The number of halogens is 7. The van der Waals surface area contributed by atoms with Crippen LogP contribution < -0.4 is 26.0 Å². The smallest absolute Gasteiger partial charge is 0.405 e. The standard InChI is InChI=1S/C35H32Cl2F5N5O6/c1-18(2)27(29(48)35(41,42)33(52)44-17-34(38,39)40)46-32(51)28(20-8-10-24(53-3)11-9-20)47-31(50)26(14-19-7-12-25(37)22(13-19)16-43)45-30(49)21-5-4-6-23(36)15-21/h4-13,15,18,26-28H,14,17H2,1-3H3,(H,44,52)(H,45,49)(H,46,51)(H,47,50)/t26-,27-,28-/m0/s1. The molecule has 3 aromatic carbocycles. The summed E-state index contributed by atoms with van der Waals surface area (Å²) in [6, 6.07) is 12.1. The summed E-state index contributed by atoms with van der Waals surface area (Å²) in [5, 5.41) is 17.9. The normalized spacial score (nSPS) is 13.2. The number of alkyl halides is 5. The van der Waals surface area contributed by atoms with Gasteiger partial charge >= 0.3 is 12.1 Å². The van der Waals surface area contributed by atoms with Crippen LogP contribution in [-0.2, 0) is 25.6 Å². The molecule has 53 heavy (non-hydrogen) atoms. The van der Waals surface area contributed by atoms with E-state index >= 15 is 0 Å². The summed E-state index contributed by atoms with van der Waals surface area (Å²) in [5.74, 6) is -13.5. The third-order valence-corrected chi connectivity index (χ3v) is 8.15. The lowest BCUT2D eigenvalue weighted by Crippen LogP contribution is -2.58. The molecule has 4 amide bonds. The number of nitriles is 1. The molecule has 0 aliphatic rings. The molecule has 0 aliphatic carbocycles. The number of benzene rings is 3. The summed E-state index contributed by atoms with van der Waals surface area (Å²) in [5.41, 5.74) is 0.527. The lowest BCUT2D eigenvalue weighted by atomic mass is 9.94. The maximum Gasteiger partial charge on any atom is 0.405 e. The van der Waals surface area contributed by atoms with Gasteiger partial charge in [0.05, 0.1) is 23.7 Å². The van der Waals surface area contributed by atoms with Gasteiger partial charge in [0.15, 0.2) is 0 Å². The van der Waals surface area contributed by atoms with Crippen LogP contribution in [0.5, 0.6) is 5.75 Å². The van der Waals surface area contributed by atoms with E-state index in [1.54, 1.807) is 0 Å². The van der Waals surface area contributed by atoms with Crippen LogP contribution in [0.2, 0.25) is 10.0 Å². The van der Waals surface area contributed by atoms with Gasteiger partial charge in [0, 0.05) is 17.0 Å². The highest BCUT2D eigenvalue weighted by atomic mass is 35.5. The number of ether oxygens (including phenoxy) is 1. The predicted octanol–water partition coefficient (Wildman–Crippen LogP) is 5.10. The number of carbonyl (C=O) groups is 5. The number of nitrogens with one attached hydrogen (secondary N) is 4. The van der Waals surface area contributed by atoms with Gasteiger partial charge in [-0.3, -0.25) is 24.0 Å². The number of nitrogens with zero attached hydrogens (tertiary/aromatic N) is 1. The topological polar surface area (TPSA) is 166 Å². The Balaban J connectivity index is 2.00. The molecule has 0 unspecified atom stereocenters. The van der Waals surface area contributed by atoms with E-state index in [0.717, 1.165) is 5.32 Å². The van der Waals surface area contributed by atoms with Crippen LogP contribution in [0, 0.1) is 17.2 Å². The molecule has 3 aromatic rings. The molecule has 3 atom stereocenters. The van der Waals surface area contributed by atoms with Crippen molar-refractivity contribution in [1.29, 1.82) is 5.26 Å². The second kappa shape index (κ2) is 18.0. The van der Waals surface area contributed by atoms with Crippen molar-refractivity contribution in [1.82, 2.24) is 21.3 Å². The van der Waals surface area contributed by atoms with Gasteiger partial charge in [-0.1, -0.05) is 61.3 Å². The fourth-order valence-corrected chi connectivity index (χ4v) is 5.16. The largest absolute Gasteiger partial charge is 0.497 e. The molecule has 0 saturated carbocycles. The zero-order chi connectivity index (χ0) is 39.7. The molecule has 18 heteroatoms. The third-order valence-electron chi connectivity index (χ3n) is 7.59. The Morgan fingerprint density at radius 1 is 0.868 bits per heavy atom. The zero-order valence-electron chi connectivity index (χ0n) is 28.1. The second-order valence-corrected chi connectivity index (χ2v) is 12.7. The Morgan fingerprint density at radius 2 is 1.53 bits per heavy atom. The maximum atomic E-state index is 14.9. The lowest BCUT2D eigenvalue weighted by molar-refractivity contribution is -0.165. The minimum Gasteiger partial charge on any atom is -0.497 e. The van der Waals surface area contributed by atoms with E-state index < -0.39 is 72.1 Å². The monoisotopic (exact) mass is 783 g/mol. The van der Waals surface area contributed by atoms with Gasteiger partial charge in [-0.15, -0.1) is 0 Å². The molecule has 0 spiro atoms. The number of ketones is 1. The molecule has 0 aromatic heterocycles. The Labute approximate surface area is 310 Å². The van der Waals surface area contributed by atoms with Crippen LogP contribution in [-0.4, -0.2) is 67.2 Å². The van der Waals surface area contributed by atoms with Gasteiger partial charge in [-0.25, -0.2) is 0 Å². The van der Waals surface area contributed by atoms with Crippen LogP contribution in [0.4, 0.5) is 22.0 Å². The average Bonchev–Trinajstić information content (AvgIpc) is 3.11. The number of hydrogen-bond donors (Lipinski definition) is 4. The molecule has 282 valence electrons. The summed E-state index contributed by atoms with van der Waals surface area (Å²) in [6.45, 7) is 0.328. The van der Waals surface area contributed by atoms with Crippen LogP contribution in [0.15, 0.2) is 66.7 Å². The Bertz CT molecular complexity index is 1890. The summed E-state index contributed by atoms with van der Waals surface area (Å²) in [7, 11) is 1.35. The Kier molecular flexibility index (Phi) is 14.3. The molecule has 0 aliphatic heterocycles. The van der Waals surface area contributed by atoms with Crippen LogP contribution in [0.1, 0.15) is 46.9 Å². The van der Waals surface area contributed by atoms with E-state index in [0.29, 0.717) is 11.3 Å². The van der Waals surface area contributed by atoms with Crippen molar-refractivity contribution in [3.8, 4) is 11.8 Å². The van der Waals surface area contributed by atoms with Crippen molar-refractivity contribution in [2.75, 3.05) is 13.7 Å². The van der Waals surface area contributed by atoms with Crippen molar-refractivity contribution in [2.24, 2.45) is 5.92 Å². The van der Waals surface area contributed by atoms with Gasteiger partial charge in [-0.2, -0.15) is 27.2 Å². The highest BCUT2D eigenvalue weighted by molar-refractivity contribution is 6.31. The molecule has 0 heterocycles. The zero-order valence-corrected chi connectivity index (χ0v) is 29.6. The number of hydrogen-bond acceptors (Lipinski definition) is 7. The number of methoxy groups -OCH3 is 1. The molecular weight excluding hydrogens is 752 g/mol. The Morgan fingerprint density at radius 3 is 2.09 bits per heavy atom. The molecule has 3 rings (SSSR count). The van der Waals surface area contributed by atoms with Gasteiger partial charge < -0.3 is 26.0 Å². The molecule has 0 bridgehead atoms. The van der Waals surface area contributed by atoms with E-state index in [1.807, 2.05) is 6.07 Å². The Hall–Kier alpha value is -5.27. The first-order chi connectivity index (χ1) is 24.8. The molecular formula is C35H32Cl2F5N5O6. The molecule has 0 radical (unpaired) electrons. The first kappa shape index (κ1) is 42.1. The summed E-state index contributed by atoms with van der Waals surface area (Å²) < 4.78 is 72.7. The summed E-state index contributed by atoms with van der Waals surface area (Å²) in [6.07, 6.45) is -5.31. The number of carbonyl (C=O) groups excluding carboxylic acids is 5. The fraction of sp³-hybridized carbons (Fsp3) is 0.314. The highest BCUT2D eigenvalue weighted by Gasteiger charge is 2.52. The molecule has 0 saturated heterocycles. The SMILES string of the molecule is COc1ccc([C@H](NC(=O)[C@H](Cc2ccc(Cl)c(C#N)c2)NC(=O)c2cccc(Cl)c2)C(=O)N[C@H](C(=O)C(F)(F)C(=O)NCC(F)(F)F)C(C)C)cc1. The fourth-order valence-electron chi connectivity index (χ4n) is 4.81. The van der Waals surface area contributed by atoms with Gasteiger partial charge in [0.2, 0.25) is 17.6 Å². The molecule has 0 fully saturated rings. The number of Topliss-reactive ketones (excluding diaryl/α,β-unsaturated/α-hetero) is 1. The third kappa shape index (κ3) is 11.6. The van der Waals surface area contributed by atoms with Gasteiger partial charge in [-0.05, 0) is 59.5 Å². The highest BCUT2D eigenvalue weighted by Crippen LogP contribution is 2.25. The summed E-state index contributed by atoms with van der Waals surface area (Å²) >= 11 is 12.1. The van der Waals surface area contributed by atoms with E-state index in [2.05, 4.69) is 16.0 Å². The average molecular weight is 785 g/mol. The van der Waals surface area contributed by atoms with E-state index in [4.69, 9.17) is 27.9 Å². The van der Waals surface area contributed by atoms with Crippen molar-refractivity contribution in [3.63, 3.8) is 0 Å². The van der Waals surface area contributed by atoms with Crippen LogP contribution >= 0.6 is 23.2 Å².